The van der Waals surface area contributed by atoms with Crippen molar-refractivity contribution in [3.05, 3.63) is 0 Å². The number of carboxylic acid groups (broad SMARTS) is 1. The first-order valence-electron chi connectivity index (χ1n) is 33.7. The average molecular weight is 1080 g/mol. The highest BCUT2D eigenvalue weighted by molar-refractivity contribution is 5.71. The first-order chi connectivity index (χ1) is 37.1. The van der Waals surface area contributed by atoms with Gasteiger partial charge in [0.1, 0.15) is 13.2 Å². The van der Waals surface area contributed by atoms with Gasteiger partial charge in [0.05, 0.1) is 34.4 Å². The smallest absolute Gasteiger partial charge is 0.361 e. The number of hydrogen-bond donors (Lipinski definition) is 1. The highest BCUT2D eigenvalue weighted by atomic mass is 16.7. The van der Waals surface area contributed by atoms with E-state index < -0.39 is 18.4 Å². The summed E-state index contributed by atoms with van der Waals surface area (Å²) < 4.78 is 23.0. The molecular formula is C67H132NO8+. The van der Waals surface area contributed by atoms with Crippen LogP contribution in [0.25, 0.3) is 0 Å². The minimum atomic E-state index is -1.50. The predicted octanol–water partition coefficient (Wildman–Crippen LogP) is 20.3. The standard InChI is InChI=1S/C67H131NO8/c1-6-8-10-12-14-16-18-20-22-24-26-28-29-30-31-32-33-34-35-36-38-40-42-44-46-48-50-52-54-56-58-65(70)76-63(62-75-67(66(71)72)73-60-59-68(3,4)5)61-74-64(69)57-55-53-51-49-47-45-43-41-39-37-27-25-23-21-19-17-15-13-11-9-7-2/h63,67H,6-62H2,1-5H3/p+1. The molecule has 1 N–H and O–H groups in total. The van der Waals surface area contributed by atoms with Gasteiger partial charge in [-0.1, -0.05) is 328 Å². The van der Waals surface area contributed by atoms with Gasteiger partial charge in [0.2, 0.25) is 0 Å². The quantitative estimate of drug-likeness (QED) is 0.0278. The second-order valence-corrected chi connectivity index (χ2v) is 24.5. The highest BCUT2D eigenvalue weighted by Crippen LogP contribution is 2.19. The highest BCUT2D eigenvalue weighted by Gasteiger charge is 2.25. The summed E-state index contributed by atoms with van der Waals surface area (Å²) in [6, 6.07) is 0. The fourth-order valence-electron chi connectivity index (χ4n) is 10.4. The van der Waals surface area contributed by atoms with Crippen LogP contribution in [0.3, 0.4) is 0 Å². The van der Waals surface area contributed by atoms with Gasteiger partial charge in [-0.2, -0.15) is 0 Å². The number of ether oxygens (including phenoxy) is 4. The van der Waals surface area contributed by atoms with Crippen LogP contribution in [0.2, 0.25) is 0 Å². The summed E-state index contributed by atoms with van der Waals surface area (Å²) in [4.78, 5) is 37.5. The Hall–Kier alpha value is -1.71. The maximum atomic E-state index is 12.9. The Morgan fingerprint density at radius 1 is 0.342 bits per heavy atom. The molecule has 452 valence electrons. The molecule has 0 saturated carbocycles. The van der Waals surface area contributed by atoms with Gasteiger partial charge in [-0.05, 0) is 12.8 Å². The van der Waals surface area contributed by atoms with Gasteiger partial charge in [0.25, 0.3) is 6.29 Å². The Bertz CT molecular complexity index is 1210. The van der Waals surface area contributed by atoms with Crippen molar-refractivity contribution >= 4 is 17.9 Å². The molecule has 2 atom stereocenters. The van der Waals surface area contributed by atoms with E-state index >= 15 is 0 Å². The number of carbonyl (C=O) groups is 3. The maximum Gasteiger partial charge on any atom is 0.361 e. The lowest BCUT2D eigenvalue weighted by Gasteiger charge is -2.25. The van der Waals surface area contributed by atoms with Crippen molar-refractivity contribution in [3.8, 4) is 0 Å². The summed E-state index contributed by atoms with van der Waals surface area (Å²) in [5.74, 6) is -1.97. The number of rotatable bonds is 64. The molecule has 0 bridgehead atoms. The maximum absolute atomic E-state index is 12.9. The lowest BCUT2D eigenvalue weighted by molar-refractivity contribution is -0.870. The van der Waals surface area contributed by atoms with Crippen molar-refractivity contribution in [2.24, 2.45) is 0 Å². The molecule has 0 radical (unpaired) electrons. The first kappa shape index (κ1) is 74.3. The minimum absolute atomic E-state index is 0.172. The molecule has 76 heavy (non-hydrogen) atoms. The molecular weight excluding hydrogens is 947 g/mol. The molecule has 0 aromatic rings. The summed E-state index contributed by atoms with van der Waals surface area (Å²) in [5.41, 5.74) is 0. The molecule has 0 aromatic carbocycles. The van der Waals surface area contributed by atoms with Gasteiger partial charge in [0, 0.05) is 12.8 Å². The van der Waals surface area contributed by atoms with Crippen molar-refractivity contribution in [1.82, 2.24) is 0 Å². The van der Waals surface area contributed by atoms with Crippen LogP contribution < -0.4 is 0 Å². The van der Waals surface area contributed by atoms with Crippen molar-refractivity contribution in [1.29, 1.82) is 0 Å². The summed E-state index contributed by atoms with van der Waals surface area (Å²) >= 11 is 0. The second kappa shape index (κ2) is 59.4. The van der Waals surface area contributed by atoms with Gasteiger partial charge in [-0.25, -0.2) is 4.79 Å². The van der Waals surface area contributed by atoms with Crippen LogP contribution in [-0.4, -0.2) is 87.4 Å². The van der Waals surface area contributed by atoms with E-state index in [2.05, 4.69) is 13.8 Å². The Kier molecular flexibility index (Phi) is 58.1. The van der Waals surface area contributed by atoms with E-state index in [0.717, 1.165) is 38.5 Å². The van der Waals surface area contributed by atoms with Crippen LogP contribution in [0.4, 0.5) is 0 Å². The van der Waals surface area contributed by atoms with E-state index in [1.807, 2.05) is 21.1 Å². The molecule has 9 nitrogen and oxygen atoms in total. The van der Waals surface area contributed by atoms with E-state index in [-0.39, 0.29) is 38.2 Å². The monoisotopic (exact) mass is 1080 g/mol. The SMILES string of the molecule is CCCCCCCCCCCCCCCCCCCCCCCCCCCCCCCCC(=O)OC(COC(=O)CCCCCCCCCCCCCCCCCCCCCCC)COC(OCC[N+](C)(C)C)C(=O)O. The van der Waals surface area contributed by atoms with Crippen molar-refractivity contribution < 1.29 is 42.9 Å². The van der Waals surface area contributed by atoms with Crippen molar-refractivity contribution in [3.63, 3.8) is 0 Å². The van der Waals surface area contributed by atoms with E-state index in [0.29, 0.717) is 17.4 Å². The Balaban J connectivity index is 4.05. The number of nitrogens with zero attached hydrogens (tertiary/aromatic N) is 1. The predicted molar refractivity (Wildman–Crippen MR) is 323 cm³/mol. The number of carbonyl (C=O) groups excluding carboxylic acids is 2. The molecule has 9 heteroatoms. The summed E-state index contributed by atoms with van der Waals surface area (Å²) in [6.45, 7) is 4.97. The Morgan fingerprint density at radius 2 is 0.592 bits per heavy atom. The zero-order chi connectivity index (χ0) is 55.5. The number of quaternary nitrogens is 1. The summed E-state index contributed by atoms with van der Waals surface area (Å²) in [6.07, 6.45) is 66.4. The number of hydrogen-bond acceptors (Lipinski definition) is 7. The molecule has 0 saturated heterocycles. The zero-order valence-electron chi connectivity index (χ0n) is 51.7. The molecule has 0 rings (SSSR count). The number of unbranched alkanes of at least 4 members (excludes halogenated alkanes) is 49. The third-order valence-corrected chi connectivity index (χ3v) is 15.6. The van der Waals surface area contributed by atoms with Gasteiger partial charge < -0.3 is 28.5 Å². The molecule has 0 fully saturated rings. The molecule has 0 aliphatic carbocycles. The van der Waals surface area contributed by atoms with Gasteiger partial charge in [-0.15, -0.1) is 0 Å². The average Bonchev–Trinajstić information content (AvgIpc) is 3.39. The fourth-order valence-corrected chi connectivity index (χ4v) is 10.4. The first-order valence-corrected chi connectivity index (χ1v) is 33.7. The molecule has 0 spiro atoms. The largest absolute Gasteiger partial charge is 0.477 e. The second-order valence-electron chi connectivity index (χ2n) is 24.5. The van der Waals surface area contributed by atoms with E-state index in [1.165, 1.54) is 289 Å². The summed E-state index contributed by atoms with van der Waals surface area (Å²) in [7, 11) is 5.99. The van der Waals surface area contributed by atoms with E-state index in [1.54, 1.807) is 0 Å². The van der Waals surface area contributed by atoms with Gasteiger partial charge >= 0.3 is 17.9 Å². The van der Waals surface area contributed by atoms with Crippen LogP contribution in [0.15, 0.2) is 0 Å². The lowest BCUT2D eigenvalue weighted by atomic mass is 10.0. The van der Waals surface area contributed by atoms with Crippen LogP contribution >= 0.6 is 0 Å². The van der Waals surface area contributed by atoms with Crippen molar-refractivity contribution in [2.75, 3.05) is 47.5 Å². The van der Waals surface area contributed by atoms with Gasteiger partial charge in [-0.3, -0.25) is 9.59 Å². The molecule has 0 amide bonds. The van der Waals surface area contributed by atoms with Crippen LogP contribution in [0, 0.1) is 0 Å². The third-order valence-electron chi connectivity index (χ3n) is 15.6. The zero-order valence-corrected chi connectivity index (χ0v) is 51.7. The van der Waals surface area contributed by atoms with Gasteiger partial charge in [0.15, 0.2) is 6.10 Å². The lowest BCUT2D eigenvalue weighted by Crippen LogP contribution is -2.40. The molecule has 0 aliphatic rings. The van der Waals surface area contributed by atoms with Crippen LogP contribution in [0.1, 0.15) is 354 Å². The molecule has 0 aliphatic heterocycles. The number of esters is 2. The molecule has 0 heterocycles. The normalized spacial score (nSPS) is 12.6. The topological polar surface area (TPSA) is 108 Å². The number of carboxylic acids is 1. The van der Waals surface area contributed by atoms with E-state index in [4.69, 9.17) is 18.9 Å². The number of aliphatic carboxylic acids is 1. The van der Waals surface area contributed by atoms with Crippen molar-refractivity contribution in [2.45, 2.75) is 367 Å². The Labute approximate surface area is 473 Å². The number of likely N-dealkylation sites (N-methyl/N-ethyl adjacent to an activating group) is 1. The van der Waals surface area contributed by atoms with Crippen LogP contribution in [0.5, 0.6) is 0 Å². The molecule has 2 unspecified atom stereocenters. The summed E-state index contributed by atoms with van der Waals surface area (Å²) in [5, 5.41) is 9.73. The van der Waals surface area contributed by atoms with E-state index in [9.17, 15) is 19.5 Å². The third kappa shape index (κ3) is 59.9. The fraction of sp³-hybridized carbons (Fsp3) is 0.955. The molecule has 0 aromatic heterocycles. The Morgan fingerprint density at radius 3 is 0.842 bits per heavy atom. The minimum Gasteiger partial charge on any atom is -0.477 e. The van der Waals surface area contributed by atoms with Crippen LogP contribution in [-0.2, 0) is 33.3 Å².